The van der Waals surface area contributed by atoms with Crippen molar-refractivity contribution in [3.63, 3.8) is 0 Å². The number of halogens is 1. The average molecular weight is 392 g/mol. The van der Waals surface area contributed by atoms with Gasteiger partial charge in [0.25, 0.3) is 5.91 Å². The Balaban J connectivity index is 1.85. The van der Waals surface area contributed by atoms with Crippen molar-refractivity contribution in [2.75, 3.05) is 20.7 Å². The summed E-state index contributed by atoms with van der Waals surface area (Å²) in [5.74, 6) is 0.890. The Hall–Kier alpha value is -1.85. The molecule has 0 aromatic heterocycles. The first kappa shape index (κ1) is 18.5. The Bertz CT molecular complexity index is 673. The Morgan fingerprint density at radius 1 is 1.21 bits per heavy atom. The first-order valence-electron chi connectivity index (χ1n) is 7.97. The summed E-state index contributed by atoms with van der Waals surface area (Å²) >= 11 is 3.53. The van der Waals surface area contributed by atoms with Gasteiger partial charge in [-0.3, -0.25) is 4.79 Å². The number of ether oxygens (including phenoxy) is 1. The van der Waals surface area contributed by atoms with Gasteiger partial charge in [-0.2, -0.15) is 0 Å². The first-order valence-corrected chi connectivity index (χ1v) is 8.77. The van der Waals surface area contributed by atoms with E-state index >= 15 is 0 Å². The van der Waals surface area contributed by atoms with Gasteiger partial charge in [-0.15, -0.1) is 0 Å². The summed E-state index contributed by atoms with van der Waals surface area (Å²) < 4.78 is 6.17. The van der Waals surface area contributed by atoms with Gasteiger partial charge in [0.2, 0.25) is 0 Å². The van der Waals surface area contributed by atoms with E-state index in [1.54, 1.807) is 7.11 Å². The van der Waals surface area contributed by atoms with Crippen LogP contribution in [0.1, 0.15) is 24.1 Å². The molecule has 0 heterocycles. The standard InChI is InChI=1S/C19H23BrN2O2/c1-14(17-6-4-5-7-18(17)20)21-19(23)13-22(2)12-15-8-10-16(24-3)11-9-15/h4-11,14H,12-13H2,1-3H3,(H,21,23)/p+1/t14-/m1/s1. The minimum absolute atomic E-state index is 0.0261. The second kappa shape index (κ2) is 8.85. The summed E-state index contributed by atoms with van der Waals surface area (Å²) in [6, 6.07) is 15.9. The fraction of sp³-hybridized carbons (Fsp3) is 0.316. The summed E-state index contributed by atoms with van der Waals surface area (Å²) in [6.07, 6.45) is 0. The number of hydrogen-bond acceptors (Lipinski definition) is 2. The molecule has 128 valence electrons. The van der Waals surface area contributed by atoms with Gasteiger partial charge in [0.15, 0.2) is 6.54 Å². The molecule has 2 aromatic rings. The molecule has 0 aliphatic rings. The molecule has 1 unspecified atom stereocenters. The highest BCUT2D eigenvalue weighted by Gasteiger charge is 2.15. The Morgan fingerprint density at radius 2 is 1.88 bits per heavy atom. The molecule has 2 atom stereocenters. The zero-order chi connectivity index (χ0) is 17.5. The number of likely N-dealkylation sites (N-methyl/N-ethyl adjacent to an activating group) is 1. The highest BCUT2D eigenvalue weighted by atomic mass is 79.9. The molecule has 2 N–H and O–H groups in total. The molecule has 5 heteroatoms. The molecule has 2 rings (SSSR count). The molecule has 2 aromatic carbocycles. The van der Waals surface area contributed by atoms with Crippen molar-refractivity contribution in [1.82, 2.24) is 5.32 Å². The van der Waals surface area contributed by atoms with Crippen molar-refractivity contribution in [3.8, 4) is 5.75 Å². The molecule has 1 amide bonds. The summed E-state index contributed by atoms with van der Waals surface area (Å²) in [5, 5.41) is 3.06. The van der Waals surface area contributed by atoms with Crippen LogP contribution in [-0.2, 0) is 11.3 Å². The molecule has 4 nitrogen and oxygen atoms in total. The van der Waals surface area contributed by atoms with Gasteiger partial charge in [-0.1, -0.05) is 34.1 Å². The molecule has 0 aliphatic heterocycles. The number of quaternary nitrogens is 1. The van der Waals surface area contributed by atoms with Gasteiger partial charge in [0, 0.05) is 10.0 Å². The molecule has 24 heavy (non-hydrogen) atoms. The van der Waals surface area contributed by atoms with E-state index in [2.05, 4.69) is 21.2 Å². The van der Waals surface area contributed by atoms with Gasteiger partial charge in [-0.05, 0) is 42.8 Å². The third kappa shape index (κ3) is 5.35. The predicted molar refractivity (Wildman–Crippen MR) is 99.2 cm³/mol. The Kier molecular flexibility index (Phi) is 6.82. The number of benzene rings is 2. The number of rotatable bonds is 7. The number of carbonyl (C=O) groups is 1. The third-order valence-corrected chi connectivity index (χ3v) is 4.60. The quantitative estimate of drug-likeness (QED) is 0.760. The molecule has 0 aliphatic carbocycles. The molecular weight excluding hydrogens is 368 g/mol. The van der Waals surface area contributed by atoms with Crippen molar-refractivity contribution < 1.29 is 14.4 Å². The van der Waals surface area contributed by atoms with Gasteiger partial charge in [0.1, 0.15) is 12.3 Å². The van der Waals surface area contributed by atoms with Crippen molar-refractivity contribution in [2.45, 2.75) is 19.5 Å². The summed E-state index contributed by atoms with van der Waals surface area (Å²) in [5.41, 5.74) is 2.26. The van der Waals surface area contributed by atoms with E-state index < -0.39 is 0 Å². The molecule has 0 fully saturated rings. The lowest BCUT2D eigenvalue weighted by Gasteiger charge is -2.18. The van der Waals surface area contributed by atoms with Crippen molar-refractivity contribution in [3.05, 3.63) is 64.1 Å². The summed E-state index contributed by atoms with van der Waals surface area (Å²) in [4.78, 5) is 13.4. The number of amides is 1. The second-order valence-corrected chi connectivity index (χ2v) is 6.82. The van der Waals surface area contributed by atoms with E-state index in [-0.39, 0.29) is 11.9 Å². The monoisotopic (exact) mass is 391 g/mol. The number of carbonyl (C=O) groups excluding carboxylic acids is 1. The fourth-order valence-corrected chi connectivity index (χ4v) is 3.25. The van der Waals surface area contributed by atoms with E-state index in [4.69, 9.17) is 4.74 Å². The maximum Gasteiger partial charge on any atom is 0.275 e. The maximum absolute atomic E-state index is 12.3. The van der Waals surface area contributed by atoms with E-state index in [0.29, 0.717) is 6.54 Å². The lowest BCUT2D eigenvalue weighted by Crippen LogP contribution is -3.08. The first-order chi connectivity index (χ1) is 11.5. The summed E-state index contributed by atoms with van der Waals surface area (Å²) in [6.45, 7) is 3.22. The number of hydrogen-bond donors (Lipinski definition) is 2. The molecule has 0 radical (unpaired) electrons. The van der Waals surface area contributed by atoms with Gasteiger partial charge < -0.3 is 15.0 Å². The molecule has 0 bridgehead atoms. The minimum Gasteiger partial charge on any atom is -0.497 e. The van der Waals surface area contributed by atoms with Gasteiger partial charge in [-0.25, -0.2) is 0 Å². The van der Waals surface area contributed by atoms with Crippen LogP contribution >= 0.6 is 15.9 Å². The van der Waals surface area contributed by atoms with Crippen LogP contribution in [0.4, 0.5) is 0 Å². The lowest BCUT2D eigenvalue weighted by molar-refractivity contribution is -0.885. The van der Waals surface area contributed by atoms with Crippen LogP contribution in [-0.4, -0.2) is 26.6 Å². The van der Waals surface area contributed by atoms with Crippen LogP contribution in [0.2, 0.25) is 0 Å². The fourth-order valence-electron chi connectivity index (χ4n) is 2.62. The van der Waals surface area contributed by atoms with E-state index in [0.717, 1.165) is 27.2 Å². The van der Waals surface area contributed by atoms with E-state index in [1.165, 1.54) is 5.56 Å². The maximum atomic E-state index is 12.3. The number of nitrogens with one attached hydrogen (secondary N) is 2. The van der Waals surface area contributed by atoms with Gasteiger partial charge in [0.05, 0.1) is 20.2 Å². The third-order valence-electron chi connectivity index (χ3n) is 3.88. The van der Waals surface area contributed by atoms with Crippen LogP contribution in [0.3, 0.4) is 0 Å². The van der Waals surface area contributed by atoms with Crippen molar-refractivity contribution >= 4 is 21.8 Å². The largest absolute Gasteiger partial charge is 0.497 e. The van der Waals surface area contributed by atoms with Crippen LogP contribution in [0, 0.1) is 0 Å². The van der Waals surface area contributed by atoms with Crippen molar-refractivity contribution in [1.29, 1.82) is 0 Å². The Morgan fingerprint density at radius 3 is 2.50 bits per heavy atom. The zero-order valence-electron chi connectivity index (χ0n) is 14.3. The van der Waals surface area contributed by atoms with E-state index in [1.807, 2.05) is 62.5 Å². The molecular formula is C19H24BrN2O2+. The normalized spacial score (nSPS) is 13.2. The zero-order valence-corrected chi connectivity index (χ0v) is 15.9. The van der Waals surface area contributed by atoms with Crippen LogP contribution in [0.15, 0.2) is 53.0 Å². The highest BCUT2D eigenvalue weighted by molar-refractivity contribution is 9.10. The second-order valence-electron chi connectivity index (χ2n) is 5.97. The van der Waals surface area contributed by atoms with Crippen LogP contribution < -0.4 is 15.0 Å². The highest BCUT2D eigenvalue weighted by Crippen LogP contribution is 2.22. The molecule has 0 saturated carbocycles. The minimum atomic E-state index is -0.0261. The summed E-state index contributed by atoms with van der Waals surface area (Å²) in [7, 11) is 3.68. The Labute approximate surface area is 151 Å². The lowest BCUT2D eigenvalue weighted by atomic mass is 10.1. The smallest absolute Gasteiger partial charge is 0.275 e. The molecule has 0 saturated heterocycles. The van der Waals surface area contributed by atoms with Crippen LogP contribution in [0.25, 0.3) is 0 Å². The van der Waals surface area contributed by atoms with Crippen LogP contribution in [0.5, 0.6) is 5.75 Å². The van der Waals surface area contributed by atoms with Crippen molar-refractivity contribution in [2.24, 2.45) is 0 Å². The van der Waals surface area contributed by atoms with Gasteiger partial charge >= 0.3 is 0 Å². The average Bonchev–Trinajstić information content (AvgIpc) is 2.55. The predicted octanol–water partition coefficient (Wildman–Crippen LogP) is 2.35. The topological polar surface area (TPSA) is 42.8 Å². The van der Waals surface area contributed by atoms with E-state index in [9.17, 15) is 4.79 Å². The molecule has 0 spiro atoms. The SMILES string of the molecule is COc1ccc(C[NH+](C)CC(=O)N[C@H](C)c2ccccc2Br)cc1. The number of methoxy groups -OCH3 is 1.